The number of carbonyl (C=O) groups is 2. The van der Waals surface area contributed by atoms with Crippen molar-refractivity contribution in [3.8, 4) is 67.7 Å². The molecule has 8 heteroatoms. The molecule has 6 aromatic carbocycles. The van der Waals surface area contributed by atoms with Gasteiger partial charge in [0.25, 0.3) is 0 Å². The van der Waals surface area contributed by atoms with Crippen LogP contribution in [0.15, 0.2) is 146 Å². The minimum atomic E-state index is -0.342. The number of rotatable bonds is 11. The summed E-state index contributed by atoms with van der Waals surface area (Å²) in [6.07, 6.45) is 15.4. The zero-order valence-electron chi connectivity index (χ0n) is 37.3. The zero-order valence-corrected chi connectivity index (χ0v) is 37.3. The molecule has 0 fully saturated rings. The standard InChI is InChI=1S/C58H50N4O4/c1-37-33-59-57(60-34-37)47-23-19-43(20-24-47)41-15-11-39(12-16-41)31-53(63)65-51-29-27-45-7-3-5-9-49(45)55(51)56-50-10-6-4-8-46(50)28-30-52(56)66-54(64)32-40-13-17-42(18-14-40)44-21-25-48(26-22-44)58-61-35-38(2)36-62-58/h11-30,33-36H,3-10,31-32H2,1-2H3. The van der Waals surface area contributed by atoms with Gasteiger partial charge in [-0.2, -0.15) is 0 Å². The van der Waals surface area contributed by atoms with Crippen molar-refractivity contribution in [1.82, 2.24) is 19.9 Å². The Morgan fingerprint density at radius 3 is 1.09 bits per heavy atom. The first kappa shape index (κ1) is 42.4. The molecule has 0 atom stereocenters. The van der Waals surface area contributed by atoms with E-state index in [-0.39, 0.29) is 24.8 Å². The molecule has 326 valence electrons. The van der Waals surface area contributed by atoms with Gasteiger partial charge in [0.1, 0.15) is 11.5 Å². The Hall–Kier alpha value is -7.58. The minimum Gasteiger partial charge on any atom is -0.426 e. The lowest BCUT2D eigenvalue weighted by molar-refractivity contribution is -0.134. The molecule has 0 bridgehead atoms. The topological polar surface area (TPSA) is 104 Å². The summed E-state index contributed by atoms with van der Waals surface area (Å²) in [5.41, 5.74) is 16.6. The molecule has 2 aliphatic rings. The van der Waals surface area contributed by atoms with Gasteiger partial charge in [-0.3, -0.25) is 9.59 Å². The lowest BCUT2D eigenvalue weighted by Crippen LogP contribution is -2.17. The second-order valence-electron chi connectivity index (χ2n) is 17.6. The van der Waals surface area contributed by atoms with Crippen LogP contribution in [-0.4, -0.2) is 31.9 Å². The molecular formula is C58H50N4O4. The molecule has 0 saturated heterocycles. The summed E-state index contributed by atoms with van der Waals surface area (Å²) in [5, 5.41) is 0. The predicted molar refractivity (Wildman–Crippen MR) is 259 cm³/mol. The van der Waals surface area contributed by atoms with Crippen molar-refractivity contribution >= 4 is 11.9 Å². The average Bonchev–Trinajstić information content (AvgIpc) is 3.35. The molecule has 0 amide bonds. The molecule has 2 aromatic heterocycles. The van der Waals surface area contributed by atoms with Crippen molar-refractivity contribution in [1.29, 1.82) is 0 Å². The lowest BCUT2D eigenvalue weighted by atomic mass is 9.80. The van der Waals surface area contributed by atoms with Gasteiger partial charge in [0, 0.05) is 47.0 Å². The molecule has 0 spiro atoms. The molecular weight excluding hydrogens is 817 g/mol. The monoisotopic (exact) mass is 866 g/mol. The second-order valence-corrected chi connectivity index (χ2v) is 17.6. The number of aromatic nitrogens is 4. The van der Waals surface area contributed by atoms with Gasteiger partial charge >= 0.3 is 11.9 Å². The Morgan fingerprint density at radius 2 is 0.727 bits per heavy atom. The van der Waals surface area contributed by atoms with Crippen molar-refractivity contribution in [2.45, 2.75) is 78.1 Å². The summed E-state index contributed by atoms with van der Waals surface area (Å²) in [4.78, 5) is 45.6. The molecule has 2 aliphatic carbocycles. The third-order valence-corrected chi connectivity index (χ3v) is 12.8. The van der Waals surface area contributed by atoms with Gasteiger partial charge in [-0.1, -0.05) is 109 Å². The van der Waals surface area contributed by atoms with Crippen molar-refractivity contribution in [3.05, 3.63) is 191 Å². The lowest BCUT2D eigenvalue weighted by Gasteiger charge is -2.27. The maximum absolute atomic E-state index is 13.9. The zero-order chi connectivity index (χ0) is 45.0. The van der Waals surface area contributed by atoms with Gasteiger partial charge in [-0.05, 0) is 144 Å². The number of nitrogens with zero attached hydrogens (tertiary/aromatic N) is 4. The van der Waals surface area contributed by atoms with Gasteiger partial charge in [-0.25, -0.2) is 19.9 Å². The van der Waals surface area contributed by atoms with Gasteiger partial charge < -0.3 is 9.47 Å². The van der Waals surface area contributed by atoms with E-state index in [1.54, 1.807) is 0 Å². The van der Waals surface area contributed by atoms with E-state index < -0.39 is 0 Å². The molecule has 0 radical (unpaired) electrons. The largest absolute Gasteiger partial charge is 0.426 e. The van der Waals surface area contributed by atoms with Crippen LogP contribution in [0.5, 0.6) is 11.5 Å². The highest BCUT2D eigenvalue weighted by atomic mass is 16.5. The molecule has 2 heterocycles. The number of benzene rings is 6. The fourth-order valence-corrected chi connectivity index (χ4v) is 9.32. The van der Waals surface area contributed by atoms with Gasteiger partial charge in [-0.15, -0.1) is 0 Å². The first-order valence-corrected chi connectivity index (χ1v) is 23.0. The first-order valence-electron chi connectivity index (χ1n) is 23.0. The highest BCUT2D eigenvalue weighted by Crippen LogP contribution is 2.47. The Kier molecular flexibility index (Phi) is 12.1. The molecule has 8 nitrogen and oxygen atoms in total. The summed E-state index contributed by atoms with van der Waals surface area (Å²) in [6.45, 7) is 3.95. The van der Waals surface area contributed by atoms with E-state index in [0.29, 0.717) is 23.1 Å². The van der Waals surface area contributed by atoms with E-state index in [0.717, 1.165) is 118 Å². The van der Waals surface area contributed by atoms with E-state index in [4.69, 9.17) is 9.47 Å². The molecule has 0 N–H and O–H groups in total. The van der Waals surface area contributed by atoms with Crippen LogP contribution in [0.4, 0.5) is 0 Å². The SMILES string of the molecule is Cc1cnc(-c2ccc(-c3ccc(CC(=O)Oc4ccc5c(c4-c4c(OC(=O)Cc6ccc(-c7ccc(-c8ncc(C)cn8)cc7)cc6)ccc6c4CCCC6)CCCC5)cc3)cc2)nc1. The number of fused-ring (bicyclic) bond motifs is 2. The van der Waals surface area contributed by atoms with Crippen LogP contribution in [-0.2, 0) is 48.1 Å². The van der Waals surface area contributed by atoms with Crippen LogP contribution in [0.3, 0.4) is 0 Å². The van der Waals surface area contributed by atoms with Crippen LogP contribution < -0.4 is 9.47 Å². The smallest absolute Gasteiger partial charge is 0.315 e. The Bertz CT molecular complexity index is 2830. The number of hydrogen-bond donors (Lipinski definition) is 0. The van der Waals surface area contributed by atoms with Gasteiger partial charge in [0.2, 0.25) is 0 Å². The fourth-order valence-electron chi connectivity index (χ4n) is 9.32. The quantitative estimate of drug-likeness (QED) is 0.0935. The van der Waals surface area contributed by atoms with E-state index in [2.05, 4.69) is 56.3 Å². The highest BCUT2D eigenvalue weighted by Gasteiger charge is 2.28. The molecule has 0 aliphatic heterocycles. The minimum absolute atomic E-state index is 0.113. The van der Waals surface area contributed by atoms with Crippen LogP contribution in [0.1, 0.15) is 70.2 Å². The van der Waals surface area contributed by atoms with Crippen LogP contribution in [0.2, 0.25) is 0 Å². The van der Waals surface area contributed by atoms with Crippen molar-refractivity contribution in [2.24, 2.45) is 0 Å². The predicted octanol–water partition coefficient (Wildman–Crippen LogP) is 12.3. The molecule has 10 rings (SSSR count). The van der Waals surface area contributed by atoms with Crippen molar-refractivity contribution < 1.29 is 19.1 Å². The molecule has 0 saturated carbocycles. The molecule has 66 heavy (non-hydrogen) atoms. The fraction of sp³-hybridized carbons (Fsp3) is 0.207. The summed E-state index contributed by atoms with van der Waals surface area (Å²) < 4.78 is 12.8. The Morgan fingerprint density at radius 1 is 0.409 bits per heavy atom. The normalized spacial score (nSPS) is 13.1. The van der Waals surface area contributed by atoms with E-state index in [1.165, 1.54) is 22.3 Å². The first-order chi connectivity index (χ1) is 32.3. The summed E-state index contributed by atoms with van der Waals surface area (Å²) >= 11 is 0. The number of esters is 2. The van der Waals surface area contributed by atoms with E-state index in [1.807, 2.05) is 124 Å². The maximum Gasteiger partial charge on any atom is 0.315 e. The molecule has 0 unspecified atom stereocenters. The van der Waals surface area contributed by atoms with Crippen molar-refractivity contribution in [3.63, 3.8) is 0 Å². The molecule has 8 aromatic rings. The Balaban J connectivity index is 0.874. The summed E-state index contributed by atoms with van der Waals surface area (Å²) in [7, 11) is 0. The number of ether oxygens (including phenoxy) is 2. The Labute approximate surface area is 385 Å². The number of carbonyl (C=O) groups excluding carboxylic acids is 2. The van der Waals surface area contributed by atoms with Gasteiger partial charge in [0.05, 0.1) is 12.8 Å². The van der Waals surface area contributed by atoms with Crippen LogP contribution in [0.25, 0.3) is 56.2 Å². The van der Waals surface area contributed by atoms with Gasteiger partial charge in [0.15, 0.2) is 11.6 Å². The third-order valence-electron chi connectivity index (χ3n) is 12.8. The maximum atomic E-state index is 13.9. The average molecular weight is 867 g/mol. The van der Waals surface area contributed by atoms with Crippen LogP contribution >= 0.6 is 0 Å². The third kappa shape index (κ3) is 9.31. The summed E-state index contributed by atoms with van der Waals surface area (Å²) in [5.74, 6) is 1.73. The van der Waals surface area contributed by atoms with E-state index >= 15 is 0 Å². The van der Waals surface area contributed by atoms with Crippen LogP contribution in [0, 0.1) is 13.8 Å². The number of hydrogen-bond acceptors (Lipinski definition) is 8. The second kappa shape index (κ2) is 18.9. The van der Waals surface area contributed by atoms with E-state index in [9.17, 15) is 9.59 Å². The highest BCUT2D eigenvalue weighted by molar-refractivity contribution is 5.89. The van der Waals surface area contributed by atoms with Crippen molar-refractivity contribution in [2.75, 3.05) is 0 Å². The summed E-state index contributed by atoms with van der Waals surface area (Å²) in [6, 6.07) is 40.6. The number of aryl methyl sites for hydroxylation is 4.